The number of aromatic nitrogens is 6. The molecule has 10 aromatic rings. The van der Waals surface area contributed by atoms with Gasteiger partial charge in [-0.2, -0.15) is 0 Å². The van der Waals surface area contributed by atoms with Crippen LogP contribution in [-0.2, 0) is 5.54 Å². The molecule has 0 spiro atoms. The smallest absolute Gasteiger partial charge is 0.164 e. The zero-order valence-electron chi connectivity index (χ0n) is 30.9. The highest BCUT2D eigenvalue weighted by Gasteiger charge is 2.28. The number of hydrogen-bond acceptors (Lipinski definition) is 7. The molecule has 1 unspecified atom stereocenters. The standard InChI is InChI=1S/C50H33N7/c1-50(28-27-36-18-16-34-10-6-30-52-44(34)46(36)57-50)39-24-21-38(22-25-39)48-54-47(55-49(56-48)41-12-4-8-31-7-2-3-11-40(31)41)37-19-13-32(14-20-37)42-26-23-35-17-15-33-9-5-29-51-43(33)45(35)53-42/h2-30,57H,1H3. The van der Waals surface area contributed by atoms with E-state index >= 15 is 0 Å². The molecule has 1 aliphatic heterocycles. The number of benzene rings is 6. The Morgan fingerprint density at radius 1 is 0.456 bits per heavy atom. The van der Waals surface area contributed by atoms with Gasteiger partial charge < -0.3 is 5.32 Å². The van der Waals surface area contributed by atoms with Gasteiger partial charge >= 0.3 is 0 Å². The van der Waals surface area contributed by atoms with Gasteiger partial charge in [-0.25, -0.2) is 19.9 Å². The zero-order valence-corrected chi connectivity index (χ0v) is 30.9. The monoisotopic (exact) mass is 731 g/mol. The Bertz CT molecular complexity index is 3220. The predicted octanol–water partition coefficient (Wildman–Crippen LogP) is 11.7. The van der Waals surface area contributed by atoms with Crippen molar-refractivity contribution in [2.24, 2.45) is 0 Å². The van der Waals surface area contributed by atoms with Gasteiger partial charge in [0.25, 0.3) is 0 Å². The molecular weight excluding hydrogens is 699 g/mol. The summed E-state index contributed by atoms with van der Waals surface area (Å²) >= 11 is 0. The van der Waals surface area contributed by atoms with Crippen molar-refractivity contribution in [2.75, 3.05) is 5.32 Å². The van der Waals surface area contributed by atoms with Crippen LogP contribution in [0.3, 0.4) is 0 Å². The Balaban J connectivity index is 0.979. The van der Waals surface area contributed by atoms with E-state index in [1.807, 2.05) is 24.5 Å². The van der Waals surface area contributed by atoms with Gasteiger partial charge in [0.15, 0.2) is 17.5 Å². The van der Waals surface area contributed by atoms with E-state index in [0.29, 0.717) is 17.5 Å². The maximum absolute atomic E-state index is 5.12. The second-order valence-corrected chi connectivity index (χ2v) is 14.7. The van der Waals surface area contributed by atoms with Gasteiger partial charge in [0, 0.05) is 50.8 Å². The first-order valence-corrected chi connectivity index (χ1v) is 19.0. The maximum atomic E-state index is 5.12. The Hall–Kier alpha value is -7.64. The van der Waals surface area contributed by atoms with E-state index in [1.165, 1.54) is 0 Å². The van der Waals surface area contributed by atoms with E-state index in [4.69, 9.17) is 24.9 Å². The molecule has 0 radical (unpaired) electrons. The Morgan fingerprint density at radius 2 is 1.05 bits per heavy atom. The summed E-state index contributed by atoms with van der Waals surface area (Å²) in [4.78, 5) is 29.7. The van der Waals surface area contributed by atoms with Crippen LogP contribution in [0.4, 0.5) is 5.69 Å². The maximum Gasteiger partial charge on any atom is 0.164 e. The average molecular weight is 732 g/mol. The summed E-state index contributed by atoms with van der Waals surface area (Å²) in [6.07, 6.45) is 8.07. The molecule has 7 heteroatoms. The first kappa shape index (κ1) is 32.8. The molecule has 57 heavy (non-hydrogen) atoms. The number of rotatable bonds is 5. The molecule has 268 valence electrons. The van der Waals surface area contributed by atoms with Crippen LogP contribution in [0, 0.1) is 0 Å². The highest BCUT2D eigenvalue weighted by molar-refractivity contribution is 6.03. The Morgan fingerprint density at radius 3 is 1.84 bits per heavy atom. The highest BCUT2D eigenvalue weighted by Crippen LogP contribution is 2.39. The fourth-order valence-corrected chi connectivity index (χ4v) is 7.97. The number of fused-ring (bicyclic) bond motifs is 7. The molecule has 0 saturated carbocycles. The van der Waals surface area contributed by atoms with Gasteiger partial charge in [0.2, 0.25) is 0 Å². The van der Waals surface area contributed by atoms with E-state index in [2.05, 4.69) is 169 Å². The molecule has 0 amide bonds. The lowest BCUT2D eigenvalue weighted by Gasteiger charge is -2.34. The summed E-state index contributed by atoms with van der Waals surface area (Å²) in [7, 11) is 0. The molecule has 5 heterocycles. The number of hydrogen-bond donors (Lipinski definition) is 1. The summed E-state index contributed by atoms with van der Waals surface area (Å²) in [5, 5.41) is 9.26. The molecule has 1 N–H and O–H groups in total. The molecule has 1 aliphatic rings. The minimum absolute atomic E-state index is 0.443. The van der Waals surface area contributed by atoms with Crippen LogP contribution in [0.2, 0.25) is 0 Å². The van der Waals surface area contributed by atoms with Crippen LogP contribution < -0.4 is 5.32 Å². The normalized spacial score (nSPS) is 14.9. The summed E-state index contributed by atoms with van der Waals surface area (Å²) in [6.45, 7) is 2.19. The summed E-state index contributed by atoms with van der Waals surface area (Å²) in [5.41, 5.74) is 10.2. The van der Waals surface area contributed by atoms with Crippen LogP contribution in [-0.4, -0.2) is 29.9 Å². The number of nitrogens with one attached hydrogen (secondary N) is 1. The van der Waals surface area contributed by atoms with Crippen molar-refractivity contribution in [3.8, 4) is 45.4 Å². The SMILES string of the molecule is CC1(c2ccc(-c3nc(-c4ccc(-c5ccc6ccc7cccnc7c6n5)cc4)nc(-c4cccc5ccccc45)n3)cc2)C=Cc2ccc3cccnc3c2N1. The lowest BCUT2D eigenvalue weighted by atomic mass is 9.86. The largest absolute Gasteiger partial charge is 0.370 e. The lowest BCUT2D eigenvalue weighted by molar-refractivity contribution is 0.689. The second-order valence-electron chi connectivity index (χ2n) is 14.7. The quantitative estimate of drug-likeness (QED) is 0.176. The molecule has 0 bridgehead atoms. The van der Waals surface area contributed by atoms with E-state index in [9.17, 15) is 0 Å². The van der Waals surface area contributed by atoms with Crippen molar-refractivity contribution in [3.05, 3.63) is 181 Å². The van der Waals surface area contributed by atoms with Crippen LogP contribution in [0.15, 0.2) is 170 Å². The predicted molar refractivity (Wildman–Crippen MR) is 231 cm³/mol. The van der Waals surface area contributed by atoms with Crippen molar-refractivity contribution in [3.63, 3.8) is 0 Å². The van der Waals surface area contributed by atoms with Crippen molar-refractivity contribution in [2.45, 2.75) is 12.5 Å². The third-order valence-corrected chi connectivity index (χ3v) is 11.1. The zero-order chi connectivity index (χ0) is 37.9. The van der Waals surface area contributed by atoms with Crippen LogP contribution in [0.1, 0.15) is 18.1 Å². The van der Waals surface area contributed by atoms with Crippen molar-refractivity contribution in [1.29, 1.82) is 0 Å². The topological polar surface area (TPSA) is 89.4 Å². The molecular formula is C50H33N7. The Labute approximate surface area is 328 Å². The minimum Gasteiger partial charge on any atom is -0.370 e. The van der Waals surface area contributed by atoms with E-state index in [0.717, 1.165) is 88.2 Å². The van der Waals surface area contributed by atoms with Crippen molar-refractivity contribution < 1.29 is 0 Å². The first-order chi connectivity index (χ1) is 28.1. The average Bonchev–Trinajstić information content (AvgIpc) is 3.28. The van der Waals surface area contributed by atoms with Crippen LogP contribution >= 0.6 is 0 Å². The van der Waals surface area contributed by atoms with E-state index < -0.39 is 5.54 Å². The number of nitrogens with zero attached hydrogens (tertiary/aromatic N) is 6. The molecule has 6 aromatic carbocycles. The molecule has 0 fully saturated rings. The van der Waals surface area contributed by atoms with E-state index in [-0.39, 0.29) is 0 Å². The summed E-state index contributed by atoms with van der Waals surface area (Å²) in [6, 6.07) is 52.1. The van der Waals surface area contributed by atoms with Crippen molar-refractivity contribution >= 4 is 55.2 Å². The van der Waals surface area contributed by atoms with E-state index in [1.54, 1.807) is 0 Å². The summed E-state index contributed by atoms with van der Waals surface area (Å²) < 4.78 is 0. The summed E-state index contributed by atoms with van der Waals surface area (Å²) in [5.74, 6) is 1.82. The van der Waals surface area contributed by atoms with Crippen molar-refractivity contribution in [1.82, 2.24) is 29.9 Å². The second kappa shape index (κ2) is 13.0. The van der Waals surface area contributed by atoms with Gasteiger partial charge in [-0.3, -0.25) is 9.97 Å². The van der Waals surface area contributed by atoms with Crippen LogP contribution in [0.5, 0.6) is 0 Å². The number of anilines is 1. The third kappa shape index (κ3) is 5.67. The molecule has 0 aliphatic carbocycles. The fraction of sp³-hybridized carbons (Fsp3) is 0.0400. The van der Waals surface area contributed by atoms with Gasteiger partial charge in [0.05, 0.1) is 33.5 Å². The minimum atomic E-state index is -0.443. The molecule has 4 aromatic heterocycles. The van der Waals surface area contributed by atoms with Gasteiger partial charge in [-0.1, -0.05) is 146 Å². The fourth-order valence-electron chi connectivity index (χ4n) is 7.97. The Kier molecular flexibility index (Phi) is 7.47. The van der Waals surface area contributed by atoms with Crippen LogP contribution in [0.25, 0.3) is 95.0 Å². The molecule has 7 nitrogen and oxygen atoms in total. The third-order valence-electron chi connectivity index (χ3n) is 11.1. The van der Waals surface area contributed by atoms with Gasteiger partial charge in [-0.05, 0) is 47.0 Å². The molecule has 1 atom stereocenters. The first-order valence-electron chi connectivity index (χ1n) is 19.0. The molecule has 0 saturated heterocycles. The highest BCUT2D eigenvalue weighted by atomic mass is 15.0. The molecule has 11 rings (SSSR count). The van der Waals surface area contributed by atoms with Gasteiger partial charge in [-0.15, -0.1) is 0 Å². The number of pyridine rings is 3. The lowest BCUT2D eigenvalue weighted by Crippen LogP contribution is -2.31. The van der Waals surface area contributed by atoms with Gasteiger partial charge in [0.1, 0.15) is 0 Å².